The lowest BCUT2D eigenvalue weighted by molar-refractivity contribution is -0.123. The van der Waals surface area contributed by atoms with Gasteiger partial charge >= 0.3 is 6.03 Å². The summed E-state index contributed by atoms with van der Waals surface area (Å²) in [6, 6.07) is 15.3. The van der Waals surface area contributed by atoms with E-state index in [0.717, 1.165) is 32.7 Å². The van der Waals surface area contributed by atoms with Crippen LogP contribution in [0.2, 0.25) is 0 Å². The minimum atomic E-state index is -3.90. The number of amides is 3. The van der Waals surface area contributed by atoms with Crippen LogP contribution in [0.3, 0.4) is 0 Å². The van der Waals surface area contributed by atoms with E-state index >= 15 is 0 Å². The number of aromatic nitrogens is 1. The number of nitrogens with zero attached hydrogens (tertiary/aromatic N) is 2. The third kappa shape index (κ3) is 3.96. The Kier molecular flexibility index (Phi) is 5.25. The Morgan fingerprint density at radius 1 is 1.09 bits per heavy atom. The Balaban J connectivity index is 1.59. The molecule has 1 aliphatic heterocycles. The van der Waals surface area contributed by atoms with Crippen molar-refractivity contribution >= 4 is 38.6 Å². The number of anilines is 1. The predicted molar refractivity (Wildman–Crippen MR) is 120 cm³/mol. The number of nitrogens with one attached hydrogen (secondary N) is 2. The number of rotatable bonds is 6. The van der Waals surface area contributed by atoms with Crippen molar-refractivity contribution in [2.75, 3.05) is 10.6 Å². The molecule has 0 aliphatic carbocycles. The first kappa shape index (κ1) is 21.6. The zero-order valence-electron chi connectivity index (χ0n) is 17.7. The molecule has 9 nitrogen and oxygen atoms in total. The average Bonchev–Trinajstić information content (AvgIpc) is 2.97. The van der Waals surface area contributed by atoms with Crippen molar-refractivity contribution in [1.82, 2.24) is 15.6 Å². The van der Waals surface area contributed by atoms with E-state index in [1.165, 1.54) is 19.1 Å². The van der Waals surface area contributed by atoms with Gasteiger partial charge in [-0.15, -0.1) is 0 Å². The third-order valence-electron chi connectivity index (χ3n) is 5.16. The van der Waals surface area contributed by atoms with Crippen molar-refractivity contribution in [3.8, 4) is 5.75 Å². The molecule has 0 bridgehead atoms. The highest BCUT2D eigenvalue weighted by molar-refractivity contribution is 7.92. The molecular formula is C22H22N4O5S. The van der Waals surface area contributed by atoms with Gasteiger partial charge in [0.25, 0.3) is 5.91 Å². The van der Waals surface area contributed by atoms with E-state index in [0.29, 0.717) is 12.4 Å². The van der Waals surface area contributed by atoms with Crippen LogP contribution < -0.4 is 19.7 Å². The molecule has 0 spiro atoms. The summed E-state index contributed by atoms with van der Waals surface area (Å²) in [5.41, 5.74) is 1.18. The van der Waals surface area contributed by atoms with Crippen molar-refractivity contribution in [2.45, 2.75) is 26.1 Å². The summed E-state index contributed by atoms with van der Waals surface area (Å²) >= 11 is 0. The number of benzene rings is 2. The van der Waals surface area contributed by atoms with E-state index in [2.05, 4.69) is 15.6 Å². The summed E-state index contributed by atoms with van der Waals surface area (Å²) in [6.07, 6.45) is 0.970. The number of fused-ring (bicyclic) bond motifs is 1. The lowest BCUT2D eigenvalue weighted by atomic mass is 10.1. The van der Waals surface area contributed by atoms with Crippen molar-refractivity contribution in [1.29, 1.82) is 0 Å². The van der Waals surface area contributed by atoms with Gasteiger partial charge in [-0.3, -0.25) is 15.1 Å². The molecule has 10 heteroatoms. The SMILES string of the molecule is Cc1cc(COc2ccc(N(C3(C)NC(=O)NC3=O)S(C)(=O)=O)cc2)c2ccccc2n1. The third-order valence-corrected chi connectivity index (χ3v) is 6.40. The minimum absolute atomic E-state index is 0.213. The smallest absolute Gasteiger partial charge is 0.323 e. The van der Waals surface area contributed by atoms with Crippen LogP contribution in [0.5, 0.6) is 5.75 Å². The molecule has 1 unspecified atom stereocenters. The molecule has 2 aromatic carbocycles. The summed E-state index contributed by atoms with van der Waals surface area (Å²) in [5, 5.41) is 5.45. The second-order valence-electron chi connectivity index (χ2n) is 7.73. The Bertz CT molecular complexity index is 1320. The Morgan fingerprint density at radius 2 is 1.78 bits per heavy atom. The highest BCUT2D eigenvalue weighted by Crippen LogP contribution is 2.30. The van der Waals surface area contributed by atoms with Gasteiger partial charge in [-0.25, -0.2) is 17.5 Å². The summed E-state index contributed by atoms with van der Waals surface area (Å²) in [5.74, 6) is -0.237. The fourth-order valence-corrected chi connectivity index (χ4v) is 5.11. The predicted octanol–water partition coefficient (Wildman–Crippen LogP) is 2.44. The highest BCUT2D eigenvalue weighted by atomic mass is 32.2. The van der Waals surface area contributed by atoms with Crippen LogP contribution in [0.1, 0.15) is 18.2 Å². The monoisotopic (exact) mass is 454 g/mol. The normalized spacial score (nSPS) is 18.3. The Hall–Kier alpha value is -3.66. The molecule has 32 heavy (non-hydrogen) atoms. The Labute approximate surface area is 185 Å². The number of aryl methyl sites for hydroxylation is 1. The standard InChI is InChI=1S/C22H22N4O5S/c1-14-12-15(18-6-4-5-7-19(18)23-14)13-31-17-10-8-16(9-11-17)26(32(3,29)30)22(2)20(27)24-21(28)25-22/h4-12H,13H2,1-3H3,(H2,24,25,27,28). The Morgan fingerprint density at radius 3 is 2.41 bits per heavy atom. The maximum absolute atomic E-state index is 12.5. The number of para-hydroxylation sites is 1. The molecule has 1 atom stereocenters. The fourth-order valence-electron chi connectivity index (χ4n) is 3.81. The summed E-state index contributed by atoms with van der Waals surface area (Å²) < 4.78 is 31.8. The van der Waals surface area contributed by atoms with Gasteiger partial charge < -0.3 is 10.1 Å². The van der Waals surface area contributed by atoms with E-state index in [1.807, 2.05) is 37.3 Å². The molecule has 1 aromatic heterocycles. The van der Waals surface area contributed by atoms with E-state index in [4.69, 9.17) is 4.74 Å². The first-order valence-corrected chi connectivity index (χ1v) is 11.6. The van der Waals surface area contributed by atoms with Gasteiger partial charge in [-0.2, -0.15) is 0 Å². The van der Waals surface area contributed by atoms with Crippen molar-refractivity contribution in [3.05, 3.63) is 65.9 Å². The van der Waals surface area contributed by atoms with E-state index in [-0.39, 0.29) is 5.69 Å². The molecule has 166 valence electrons. The van der Waals surface area contributed by atoms with E-state index in [9.17, 15) is 18.0 Å². The van der Waals surface area contributed by atoms with Crippen LogP contribution in [0.15, 0.2) is 54.6 Å². The maximum Gasteiger partial charge on any atom is 0.323 e. The number of imide groups is 1. The number of urea groups is 1. The summed E-state index contributed by atoms with van der Waals surface area (Å²) in [6.45, 7) is 3.55. The second-order valence-corrected chi connectivity index (χ2v) is 9.56. The molecule has 1 saturated heterocycles. The van der Waals surface area contributed by atoms with Gasteiger partial charge in [-0.1, -0.05) is 18.2 Å². The zero-order valence-corrected chi connectivity index (χ0v) is 18.6. The van der Waals surface area contributed by atoms with Gasteiger partial charge in [0.1, 0.15) is 12.4 Å². The van der Waals surface area contributed by atoms with Crippen LogP contribution in [0.4, 0.5) is 10.5 Å². The van der Waals surface area contributed by atoms with Gasteiger partial charge in [0.15, 0.2) is 0 Å². The number of sulfonamides is 1. The quantitative estimate of drug-likeness (QED) is 0.553. The molecule has 1 fully saturated rings. The molecule has 4 rings (SSSR count). The van der Waals surface area contributed by atoms with Gasteiger partial charge in [0.2, 0.25) is 15.7 Å². The van der Waals surface area contributed by atoms with E-state index in [1.54, 1.807) is 12.1 Å². The number of pyridine rings is 1. The van der Waals surface area contributed by atoms with Crippen molar-refractivity contribution < 1.29 is 22.7 Å². The maximum atomic E-state index is 12.5. The summed E-state index contributed by atoms with van der Waals surface area (Å²) in [4.78, 5) is 28.5. The van der Waals surface area contributed by atoms with E-state index < -0.39 is 27.6 Å². The zero-order chi connectivity index (χ0) is 23.1. The first-order chi connectivity index (χ1) is 15.1. The average molecular weight is 455 g/mol. The van der Waals surface area contributed by atoms with Crippen LogP contribution in [-0.4, -0.2) is 37.3 Å². The van der Waals surface area contributed by atoms with Crippen molar-refractivity contribution in [3.63, 3.8) is 0 Å². The van der Waals surface area contributed by atoms with Crippen LogP contribution in [0.25, 0.3) is 10.9 Å². The largest absolute Gasteiger partial charge is 0.489 e. The second kappa shape index (κ2) is 7.79. The number of ether oxygens (including phenoxy) is 1. The highest BCUT2D eigenvalue weighted by Gasteiger charge is 2.50. The molecule has 0 saturated carbocycles. The number of hydrogen-bond acceptors (Lipinski definition) is 6. The number of hydrogen-bond donors (Lipinski definition) is 2. The molecule has 3 amide bonds. The molecule has 1 aliphatic rings. The first-order valence-electron chi connectivity index (χ1n) is 9.80. The van der Waals surface area contributed by atoms with Gasteiger partial charge in [0, 0.05) is 16.6 Å². The van der Waals surface area contributed by atoms with Crippen molar-refractivity contribution in [2.24, 2.45) is 0 Å². The molecular weight excluding hydrogens is 432 g/mol. The summed E-state index contributed by atoms with van der Waals surface area (Å²) in [7, 11) is -3.90. The molecule has 3 aromatic rings. The number of carbonyl (C=O) groups is 2. The van der Waals surface area contributed by atoms with Crippen LogP contribution in [0, 0.1) is 6.92 Å². The van der Waals surface area contributed by atoms with Gasteiger partial charge in [-0.05, 0) is 50.2 Å². The molecule has 0 radical (unpaired) electrons. The minimum Gasteiger partial charge on any atom is -0.489 e. The molecule has 2 N–H and O–H groups in total. The lowest BCUT2D eigenvalue weighted by Gasteiger charge is -2.35. The van der Waals surface area contributed by atoms with Gasteiger partial charge in [0.05, 0.1) is 17.5 Å². The number of carbonyl (C=O) groups excluding carboxylic acids is 2. The lowest BCUT2D eigenvalue weighted by Crippen LogP contribution is -2.60. The molecule has 2 heterocycles. The van der Waals surface area contributed by atoms with Crippen LogP contribution in [-0.2, 0) is 21.4 Å². The van der Waals surface area contributed by atoms with Crippen LogP contribution >= 0.6 is 0 Å². The fraction of sp³-hybridized carbons (Fsp3) is 0.227. The topological polar surface area (TPSA) is 118 Å².